The van der Waals surface area contributed by atoms with Crippen molar-refractivity contribution < 1.29 is 73.8 Å². The minimum Gasteiger partial charge on any atom is -0.462 e. The predicted molar refractivity (Wildman–Crippen MR) is 270 cm³/mol. The molecule has 0 aromatic rings. The van der Waals surface area contributed by atoms with Crippen molar-refractivity contribution in [3.05, 3.63) is 85.1 Å². The third kappa shape index (κ3) is 28.7. The van der Waals surface area contributed by atoms with Gasteiger partial charge in [-0.3, -0.25) is 9.59 Å². The first-order chi connectivity index (χ1) is 34.0. The van der Waals surface area contributed by atoms with Gasteiger partial charge in [0.05, 0.1) is 19.8 Å². The van der Waals surface area contributed by atoms with Crippen LogP contribution in [0.3, 0.4) is 0 Å². The molecule has 2 heterocycles. The van der Waals surface area contributed by atoms with E-state index >= 15 is 0 Å². The maximum absolute atomic E-state index is 13.0. The summed E-state index contributed by atoms with van der Waals surface area (Å²) in [7, 11) is 0. The van der Waals surface area contributed by atoms with E-state index in [1.54, 1.807) is 0 Å². The number of aliphatic hydroxyl groups is 7. The highest BCUT2D eigenvalue weighted by atomic mass is 16.7. The molecule has 11 atom stereocenters. The Hall–Kier alpha value is -3.32. The normalized spacial score (nSPS) is 26.1. The van der Waals surface area contributed by atoms with Gasteiger partial charge in [0.15, 0.2) is 18.7 Å². The molecule has 0 radical (unpaired) electrons. The van der Waals surface area contributed by atoms with E-state index in [9.17, 15) is 45.3 Å². The zero-order valence-corrected chi connectivity index (χ0v) is 42.2. The molecule has 2 aliphatic rings. The first-order valence-corrected chi connectivity index (χ1v) is 26.2. The second-order valence-corrected chi connectivity index (χ2v) is 18.0. The average molecular weight is 991 g/mol. The largest absolute Gasteiger partial charge is 0.462 e. The summed E-state index contributed by atoms with van der Waals surface area (Å²) < 4.78 is 33.5. The molecule has 0 saturated carbocycles. The second kappa shape index (κ2) is 41.2. The number of rotatable bonds is 39. The molecule has 7 N–H and O–H groups in total. The topological polar surface area (TPSA) is 231 Å². The summed E-state index contributed by atoms with van der Waals surface area (Å²) in [5.41, 5.74) is 0. The molecule has 0 spiro atoms. The fourth-order valence-corrected chi connectivity index (χ4v) is 7.54. The molecule has 2 saturated heterocycles. The Balaban J connectivity index is 1.85. The standard InChI is InChI=1S/C55H90O15/c1-3-5-7-9-11-13-15-17-19-20-21-22-24-25-27-29-31-33-35-37-46(57)65-40-43(68-47(58)38-36-34-32-30-28-26-23-18-16-14-12-10-8-6-4-2)41-66-54-53(64)51(62)49(60)45(70-54)42-67-55-52(63)50(61)48(59)44(39-56)69-55/h11,13-14,16-19,21-23,25,27,31,33,43-45,48-56,59-64H,3-10,12,15,20,24,26,28-30,32,34-42H2,1-2H3/b13-11+,16-14+,19-17+,22-21+,23-18+,27-25+,33-31+/t43-,44+,45+,48-,49-,50?,51?,52?,53?,54+,55+/m0/s1. The van der Waals surface area contributed by atoms with Crippen molar-refractivity contribution in [1.82, 2.24) is 0 Å². The van der Waals surface area contributed by atoms with Gasteiger partial charge in [-0.05, 0) is 77.0 Å². The van der Waals surface area contributed by atoms with Crippen LogP contribution in [0.25, 0.3) is 0 Å². The van der Waals surface area contributed by atoms with Gasteiger partial charge in [-0.1, -0.05) is 150 Å². The molecule has 0 amide bonds. The van der Waals surface area contributed by atoms with Crippen molar-refractivity contribution in [2.45, 2.75) is 223 Å². The van der Waals surface area contributed by atoms with Crippen molar-refractivity contribution in [3.63, 3.8) is 0 Å². The average Bonchev–Trinajstić information content (AvgIpc) is 3.35. The number of esters is 2. The molecule has 0 aromatic carbocycles. The fourth-order valence-electron chi connectivity index (χ4n) is 7.54. The first kappa shape index (κ1) is 62.8. The van der Waals surface area contributed by atoms with Gasteiger partial charge < -0.3 is 64.2 Å². The number of allylic oxidation sites excluding steroid dienone is 14. The van der Waals surface area contributed by atoms with E-state index in [1.165, 1.54) is 44.9 Å². The number of carbonyl (C=O) groups is 2. The molecule has 15 heteroatoms. The van der Waals surface area contributed by atoms with Crippen molar-refractivity contribution in [2.24, 2.45) is 0 Å². The summed E-state index contributed by atoms with van der Waals surface area (Å²) in [5, 5.41) is 72.1. The van der Waals surface area contributed by atoms with Gasteiger partial charge in [0.25, 0.3) is 0 Å². The van der Waals surface area contributed by atoms with Crippen molar-refractivity contribution in [3.8, 4) is 0 Å². The maximum Gasteiger partial charge on any atom is 0.306 e. The molecule has 4 unspecified atom stereocenters. The minimum atomic E-state index is -1.78. The lowest BCUT2D eigenvalue weighted by atomic mass is 9.98. The third-order valence-corrected chi connectivity index (χ3v) is 11.9. The Morgan fingerprint density at radius 2 is 0.929 bits per heavy atom. The Morgan fingerprint density at radius 3 is 1.51 bits per heavy atom. The highest BCUT2D eigenvalue weighted by Gasteiger charge is 2.47. The van der Waals surface area contributed by atoms with Gasteiger partial charge in [-0.25, -0.2) is 0 Å². The van der Waals surface area contributed by atoms with Crippen LogP contribution in [-0.2, 0) is 38.0 Å². The number of hydrogen-bond donors (Lipinski definition) is 7. The zero-order valence-electron chi connectivity index (χ0n) is 42.2. The van der Waals surface area contributed by atoms with Crippen LogP contribution in [0.2, 0.25) is 0 Å². The van der Waals surface area contributed by atoms with Crippen molar-refractivity contribution in [1.29, 1.82) is 0 Å². The Bertz CT molecular complexity index is 1540. The number of ether oxygens (including phenoxy) is 6. The monoisotopic (exact) mass is 991 g/mol. The SMILES string of the molecule is CCCCC/C=C/C/C=C/C/C=C/C/C=C/C/C=C/CCC(=O)OC[C@@H](CO[C@@H]1O[C@H](CO[C@@H]2O[C@H](CO)[C@H](O)C(O)C2O)[C@H](O)C(O)C1O)OC(=O)CCCCCCC/C=C/C=C/CCCCCC. The number of unbranched alkanes of at least 4 members (excludes halogenated alkanes) is 12. The second-order valence-electron chi connectivity index (χ2n) is 18.0. The molecule has 0 aliphatic carbocycles. The van der Waals surface area contributed by atoms with E-state index in [4.69, 9.17) is 28.4 Å². The van der Waals surface area contributed by atoms with Gasteiger partial charge in [0.2, 0.25) is 0 Å². The van der Waals surface area contributed by atoms with E-state index in [-0.39, 0.29) is 19.4 Å². The summed E-state index contributed by atoms with van der Waals surface area (Å²) in [4.78, 5) is 25.7. The van der Waals surface area contributed by atoms with Crippen LogP contribution < -0.4 is 0 Å². The smallest absolute Gasteiger partial charge is 0.306 e. The lowest BCUT2D eigenvalue weighted by Gasteiger charge is -2.42. The summed E-state index contributed by atoms with van der Waals surface area (Å²) in [5.74, 6) is -1.05. The van der Waals surface area contributed by atoms with Crippen molar-refractivity contribution >= 4 is 11.9 Å². The summed E-state index contributed by atoms with van der Waals surface area (Å²) in [6.45, 7) is 2.43. The Labute approximate surface area is 418 Å². The summed E-state index contributed by atoms with van der Waals surface area (Å²) in [6, 6.07) is 0. The van der Waals surface area contributed by atoms with Gasteiger partial charge in [-0.15, -0.1) is 0 Å². The molecule has 2 fully saturated rings. The van der Waals surface area contributed by atoms with E-state index in [0.29, 0.717) is 12.8 Å². The lowest BCUT2D eigenvalue weighted by molar-refractivity contribution is -0.332. The Kier molecular flexibility index (Phi) is 36.9. The van der Waals surface area contributed by atoms with Gasteiger partial charge in [-0.2, -0.15) is 0 Å². The van der Waals surface area contributed by atoms with Crippen LogP contribution in [-0.4, -0.2) is 142 Å². The molecule has 0 aromatic heterocycles. The molecule has 70 heavy (non-hydrogen) atoms. The van der Waals surface area contributed by atoms with Crippen LogP contribution >= 0.6 is 0 Å². The van der Waals surface area contributed by atoms with Crippen LogP contribution in [0.5, 0.6) is 0 Å². The summed E-state index contributed by atoms with van der Waals surface area (Å²) >= 11 is 0. The number of hydrogen-bond acceptors (Lipinski definition) is 15. The molecule has 0 bridgehead atoms. The molecule has 2 rings (SSSR count). The molecule has 15 nitrogen and oxygen atoms in total. The first-order valence-electron chi connectivity index (χ1n) is 26.2. The summed E-state index contributed by atoms with van der Waals surface area (Å²) in [6.07, 6.45) is 33.3. The highest BCUT2D eigenvalue weighted by molar-refractivity contribution is 5.70. The van der Waals surface area contributed by atoms with Crippen LogP contribution in [0.4, 0.5) is 0 Å². The highest BCUT2D eigenvalue weighted by Crippen LogP contribution is 2.26. The number of carbonyl (C=O) groups excluding carboxylic acids is 2. The molecular weight excluding hydrogens is 901 g/mol. The van der Waals surface area contributed by atoms with Gasteiger partial charge >= 0.3 is 11.9 Å². The predicted octanol–water partition coefficient (Wildman–Crippen LogP) is 7.60. The minimum absolute atomic E-state index is 0.0862. The van der Waals surface area contributed by atoms with E-state index in [1.807, 2.05) is 12.2 Å². The third-order valence-electron chi connectivity index (χ3n) is 11.9. The van der Waals surface area contributed by atoms with Crippen LogP contribution in [0.1, 0.15) is 155 Å². The Morgan fingerprint density at radius 1 is 0.471 bits per heavy atom. The molecule has 2 aliphatic heterocycles. The van der Waals surface area contributed by atoms with Crippen LogP contribution in [0, 0.1) is 0 Å². The van der Waals surface area contributed by atoms with E-state index < -0.39 is 99.3 Å². The van der Waals surface area contributed by atoms with E-state index in [2.05, 4.69) is 86.8 Å². The lowest BCUT2D eigenvalue weighted by Crippen LogP contribution is -2.61. The van der Waals surface area contributed by atoms with Gasteiger partial charge in [0, 0.05) is 12.8 Å². The molecule has 400 valence electrons. The van der Waals surface area contributed by atoms with E-state index in [0.717, 1.165) is 70.6 Å². The zero-order chi connectivity index (χ0) is 51.0. The quantitative estimate of drug-likeness (QED) is 0.0136. The fraction of sp³-hybridized carbons (Fsp3) is 0.709. The van der Waals surface area contributed by atoms with Crippen molar-refractivity contribution in [2.75, 3.05) is 26.4 Å². The van der Waals surface area contributed by atoms with Crippen LogP contribution in [0.15, 0.2) is 85.1 Å². The molecular formula is C55H90O15. The number of aliphatic hydroxyl groups excluding tert-OH is 7. The maximum atomic E-state index is 13.0. The van der Waals surface area contributed by atoms with Gasteiger partial charge in [0.1, 0.15) is 55.4 Å².